The topological polar surface area (TPSA) is 346 Å². The quantitative estimate of drug-likeness (QED) is 0.129. The molecule has 0 aromatic carbocycles. The van der Waals surface area contributed by atoms with Crippen LogP contribution < -0.4 is 0 Å². The maximum Gasteiger partial charge on any atom is 0.335 e. The molecule has 390 valence electrons. The number of aliphatic carboxylic acids is 3. The molecule has 21 heteroatoms. The molecule has 3 aliphatic heterocycles. The summed E-state index contributed by atoms with van der Waals surface area (Å²) in [5.74, 6) is -4.85. The second-order valence-corrected chi connectivity index (χ2v) is 23.4. The number of aliphatic hydroxyl groups is 8. The number of ether oxygens (including phenoxy) is 6. The summed E-state index contributed by atoms with van der Waals surface area (Å²) in [7, 11) is 0. The monoisotopic (exact) mass is 984 g/mol. The third-order valence-corrected chi connectivity index (χ3v) is 19.3. The van der Waals surface area contributed by atoms with Gasteiger partial charge in [0.05, 0.1) is 18.1 Å². The molecule has 3 heterocycles. The average Bonchev–Trinajstić information content (AvgIpc) is 3.27. The molecule has 0 spiro atoms. The van der Waals surface area contributed by atoms with Crippen LogP contribution in [0.15, 0.2) is 11.6 Å². The number of fused-ring (bicyclic) bond motifs is 7. The molecular weight excluding hydrogens is 913 g/mol. The van der Waals surface area contributed by atoms with Crippen molar-refractivity contribution in [1.82, 2.24) is 0 Å². The van der Waals surface area contributed by atoms with E-state index in [9.17, 15) is 75.3 Å². The van der Waals surface area contributed by atoms with Crippen LogP contribution in [0.2, 0.25) is 0 Å². The summed E-state index contributed by atoms with van der Waals surface area (Å²) in [6, 6.07) is 0. The van der Waals surface area contributed by atoms with Crippen molar-refractivity contribution in [3.63, 3.8) is 0 Å². The van der Waals surface area contributed by atoms with E-state index in [4.69, 9.17) is 28.4 Å². The first kappa shape index (κ1) is 52.6. The van der Waals surface area contributed by atoms with E-state index in [1.165, 1.54) is 0 Å². The highest BCUT2D eigenvalue weighted by atomic mass is 16.8. The molecule has 11 N–H and O–H groups in total. The summed E-state index contributed by atoms with van der Waals surface area (Å²) in [5, 5.41) is 116. The zero-order chi connectivity index (χ0) is 50.9. The molecule has 0 radical (unpaired) electrons. The lowest BCUT2D eigenvalue weighted by Crippen LogP contribution is -2.68. The summed E-state index contributed by atoms with van der Waals surface area (Å²) in [5.41, 5.74) is -2.14. The van der Waals surface area contributed by atoms with E-state index < -0.39 is 150 Å². The zero-order valence-corrected chi connectivity index (χ0v) is 40.1. The predicted molar refractivity (Wildman–Crippen MR) is 232 cm³/mol. The minimum atomic E-state index is -2.22. The number of aliphatic hydroxyl groups excluding tert-OH is 8. The van der Waals surface area contributed by atoms with Gasteiger partial charge in [0.2, 0.25) is 0 Å². The zero-order valence-electron chi connectivity index (χ0n) is 40.1. The largest absolute Gasteiger partial charge is 0.481 e. The predicted octanol–water partition coefficient (Wildman–Crippen LogP) is 0.0698. The van der Waals surface area contributed by atoms with Gasteiger partial charge in [-0.05, 0) is 110 Å². The number of carboxylic acids is 3. The lowest BCUT2D eigenvalue weighted by molar-refractivity contribution is -0.384. The fourth-order valence-electron chi connectivity index (χ4n) is 14.8. The van der Waals surface area contributed by atoms with Crippen LogP contribution in [0.25, 0.3) is 0 Å². The Balaban J connectivity index is 1.04. The Hall–Kier alpha value is -2.74. The Kier molecular flexibility index (Phi) is 13.7. The van der Waals surface area contributed by atoms with E-state index in [0.717, 1.165) is 24.8 Å². The molecule has 24 atom stereocenters. The van der Waals surface area contributed by atoms with Gasteiger partial charge < -0.3 is 84.6 Å². The van der Waals surface area contributed by atoms with Crippen LogP contribution in [0.5, 0.6) is 0 Å². The molecule has 21 nitrogen and oxygen atoms in total. The Bertz CT molecular complexity index is 2050. The Morgan fingerprint density at radius 1 is 0.638 bits per heavy atom. The number of rotatable bonds is 10. The summed E-state index contributed by atoms with van der Waals surface area (Å²) < 4.78 is 34.8. The van der Waals surface area contributed by atoms with Crippen LogP contribution in [0.4, 0.5) is 0 Å². The van der Waals surface area contributed by atoms with E-state index in [0.29, 0.717) is 38.5 Å². The van der Waals surface area contributed by atoms with Crippen LogP contribution in [-0.4, -0.2) is 185 Å². The van der Waals surface area contributed by atoms with Gasteiger partial charge in [-0.1, -0.05) is 47.1 Å². The number of carbonyl (C=O) groups excluding carboxylic acids is 1. The minimum absolute atomic E-state index is 0.0263. The highest BCUT2D eigenvalue weighted by molar-refractivity contribution is 5.95. The lowest BCUT2D eigenvalue weighted by atomic mass is 9.33. The fraction of sp³-hybridized carbons (Fsp3) is 0.875. The van der Waals surface area contributed by atoms with Crippen LogP contribution in [0.1, 0.15) is 106 Å². The van der Waals surface area contributed by atoms with Gasteiger partial charge in [-0.25, -0.2) is 9.59 Å². The second-order valence-electron chi connectivity index (χ2n) is 23.4. The number of carboxylic acid groups (broad SMARTS) is 3. The summed E-state index contributed by atoms with van der Waals surface area (Å²) >= 11 is 0. The van der Waals surface area contributed by atoms with E-state index >= 15 is 0 Å². The SMILES string of the molecule is CC1(C)[C@@H](O[C@@H]2O[C@H](C(=O)O)[C@@H](O)[C@H](O)[C@H]2O[C@@H]2O[C@H](C(=O)O)[C@@H](O[C@H]3O[C@H](CO)[C@@H](O)[C@H](O)[C@H]3O)[C@H](O)[C@H]2O)CC[C@]2(C)[C@H]3C(=O)C=C4[C@@H]5C[C@](C)(C(=O)O)CC[C@]5(C)CC[C@@]4(C)[C@]3(C)CC[C@@H]12. The van der Waals surface area contributed by atoms with Gasteiger partial charge in [-0.3, -0.25) is 9.59 Å². The summed E-state index contributed by atoms with van der Waals surface area (Å²) in [6.07, 6.45) is -23.2. The number of allylic oxidation sites excluding steroid dienone is 2. The molecule has 0 bridgehead atoms. The van der Waals surface area contributed by atoms with Gasteiger partial charge in [0, 0.05) is 5.92 Å². The Labute approximate surface area is 399 Å². The fourth-order valence-corrected chi connectivity index (χ4v) is 14.8. The molecule has 69 heavy (non-hydrogen) atoms. The maximum absolute atomic E-state index is 15.0. The van der Waals surface area contributed by atoms with Gasteiger partial charge in [0.25, 0.3) is 0 Å². The van der Waals surface area contributed by atoms with Gasteiger partial charge in [-0.2, -0.15) is 0 Å². The molecule has 0 aromatic heterocycles. The van der Waals surface area contributed by atoms with Crippen molar-refractivity contribution in [2.24, 2.45) is 50.2 Å². The normalized spacial score (nSPS) is 52.8. The number of hydrogen-bond donors (Lipinski definition) is 11. The van der Waals surface area contributed by atoms with Gasteiger partial charge in [-0.15, -0.1) is 0 Å². The van der Waals surface area contributed by atoms with Crippen molar-refractivity contribution in [2.45, 2.75) is 204 Å². The number of ketones is 1. The molecule has 8 aliphatic rings. The first-order valence-corrected chi connectivity index (χ1v) is 24.3. The van der Waals surface area contributed by atoms with Crippen molar-refractivity contribution in [3.05, 3.63) is 11.6 Å². The molecule has 0 amide bonds. The van der Waals surface area contributed by atoms with E-state index in [2.05, 4.69) is 27.7 Å². The summed E-state index contributed by atoms with van der Waals surface area (Å²) in [6.45, 7) is 13.8. The van der Waals surface area contributed by atoms with Crippen molar-refractivity contribution in [2.75, 3.05) is 6.61 Å². The lowest BCUT2D eigenvalue weighted by Gasteiger charge is -2.70. The highest BCUT2D eigenvalue weighted by Gasteiger charge is 2.71. The van der Waals surface area contributed by atoms with Crippen molar-refractivity contribution >= 4 is 23.7 Å². The maximum atomic E-state index is 15.0. The van der Waals surface area contributed by atoms with Crippen molar-refractivity contribution < 1.29 is 104 Å². The highest BCUT2D eigenvalue weighted by Crippen LogP contribution is 2.75. The summed E-state index contributed by atoms with van der Waals surface area (Å²) in [4.78, 5) is 52.5. The molecule has 0 aromatic rings. The van der Waals surface area contributed by atoms with Gasteiger partial charge in [0.15, 0.2) is 36.9 Å². The molecule has 3 saturated heterocycles. The van der Waals surface area contributed by atoms with E-state index in [1.54, 1.807) is 0 Å². The van der Waals surface area contributed by atoms with Crippen LogP contribution >= 0.6 is 0 Å². The molecule has 4 saturated carbocycles. The Morgan fingerprint density at radius 3 is 1.84 bits per heavy atom. The number of carbonyl (C=O) groups is 4. The average molecular weight is 985 g/mol. The van der Waals surface area contributed by atoms with Crippen molar-refractivity contribution in [3.8, 4) is 0 Å². The van der Waals surface area contributed by atoms with E-state index in [-0.39, 0.29) is 28.4 Å². The van der Waals surface area contributed by atoms with Crippen LogP contribution in [0, 0.1) is 50.2 Å². The molecule has 5 aliphatic carbocycles. The van der Waals surface area contributed by atoms with Gasteiger partial charge >= 0.3 is 17.9 Å². The molecule has 0 unspecified atom stereocenters. The molecule has 8 rings (SSSR count). The van der Waals surface area contributed by atoms with E-state index in [1.807, 2.05) is 26.8 Å². The van der Waals surface area contributed by atoms with Crippen molar-refractivity contribution in [1.29, 1.82) is 0 Å². The first-order valence-electron chi connectivity index (χ1n) is 24.3. The number of hydrogen-bond acceptors (Lipinski definition) is 18. The van der Waals surface area contributed by atoms with Gasteiger partial charge in [0.1, 0.15) is 61.0 Å². The standard InChI is InChI=1S/C48H72O21/c1-43(2)23-8-11-48(7)36(21(50)16-19-20-17-45(4,42(62)63)13-12-44(20,3)14-15-47(19,48)6)46(23,5)10-9-24(43)65-41-34(28(54)27(53)33(67-41)37(58)59)68-40-31(57)29(55)32(35(69-40)38(60)61)66-39-30(56)26(52)25(51)22(18-49)64-39/h16,20,22-36,39-41,49,51-57H,8-15,17-18H2,1-7H3,(H,58,59)(H,60,61)(H,62,63)/t20-,22+,23-,24-,25+,26-,27-,28-,29+,30+,31+,32-,33-,34+,35-,36+,39+,40+,41+,44+,45+,46-,47+,48+/m0/s1. The first-order chi connectivity index (χ1) is 32.0. The third kappa shape index (κ3) is 8.13. The second kappa shape index (κ2) is 18.0. The third-order valence-electron chi connectivity index (χ3n) is 19.3. The minimum Gasteiger partial charge on any atom is -0.481 e. The molecule has 7 fully saturated rings. The van der Waals surface area contributed by atoms with Crippen LogP contribution in [0.3, 0.4) is 0 Å². The smallest absolute Gasteiger partial charge is 0.335 e. The Morgan fingerprint density at radius 2 is 1.22 bits per heavy atom. The van der Waals surface area contributed by atoms with Crippen LogP contribution in [-0.2, 0) is 47.6 Å². The molecular formula is C48H72O21.